The summed E-state index contributed by atoms with van der Waals surface area (Å²) in [7, 11) is 0. The number of rotatable bonds is 2. The fourth-order valence-electron chi connectivity index (χ4n) is 2.19. The maximum atomic E-state index is 4.53. The molecule has 0 amide bonds. The molecule has 1 saturated carbocycles. The van der Waals surface area contributed by atoms with Crippen LogP contribution in [0, 0.1) is 3.83 Å². The number of halogens is 1. The van der Waals surface area contributed by atoms with E-state index in [0.717, 1.165) is 3.83 Å². The summed E-state index contributed by atoms with van der Waals surface area (Å²) < 4.78 is 5.19. The SMILES string of the molecule is CCC1(c2nc(I)ns2)CCCC1. The standard InChI is InChI=1S/C9H13IN2S/c1-2-9(5-3-4-6-9)7-11-8(10)12-13-7/h2-6H2,1H3. The van der Waals surface area contributed by atoms with Crippen LogP contribution in [0.2, 0.25) is 0 Å². The Balaban J connectivity index is 2.30. The molecule has 0 N–H and O–H groups in total. The highest BCUT2D eigenvalue weighted by molar-refractivity contribution is 14.1. The molecule has 0 radical (unpaired) electrons. The second-order valence-corrected chi connectivity index (χ2v) is 5.43. The van der Waals surface area contributed by atoms with Crippen LogP contribution < -0.4 is 0 Å². The molecule has 1 heterocycles. The van der Waals surface area contributed by atoms with Crippen molar-refractivity contribution in [1.82, 2.24) is 9.36 Å². The van der Waals surface area contributed by atoms with Crippen LogP contribution in [0.1, 0.15) is 44.0 Å². The zero-order valence-corrected chi connectivity index (χ0v) is 10.7. The topological polar surface area (TPSA) is 25.8 Å². The molecule has 1 aliphatic rings. The molecule has 2 nitrogen and oxygen atoms in total. The van der Waals surface area contributed by atoms with Gasteiger partial charge in [0.2, 0.25) is 3.83 Å². The maximum Gasteiger partial charge on any atom is 0.203 e. The summed E-state index contributed by atoms with van der Waals surface area (Å²) >= 11 is 3.80. The third kappa shape index (κ3) is 1.75. The Hall–Kier alpha value is 0.290. The smallest absolute Gasteiger partial charge is 0.203 e. The highest BCUT2D eigenvalue weighted by atomic mass is 127. The van der Waals surface area contributed by atoms with Crippen LogP contribution >= 0.6 is 34.1 Å². The third-order valence-electron chi connectivity index (χ3n) is 3.09. The summed E-state index contributed by atoms with van der Waals surface area (Å²) in [6.07, 6.45) is 6.58. The molecule has 13 heavy (non-hydrogen) atoms. The normalized spacial score (nSPS) is 20.8. The van der Waals surface area contributed by atoms with Gasteiger partial charge in [-0.25, -0.2) is 4.98 Å². The minimum atomic E-state index is 0.390. The predicted octanol–water partition coefficient (Wildman–Crippen LogP) is 3.36. The molecule has 1 aliphatic carbocycles. The third-order valence-corrected chi connectivity index (χ3v) is 4.86. The van der Waals surface area contributed by atoms with Crippen LogP contribution in [-0.4, -0.2) is 9.36 Å². The van der Waals surface area contributed by atoms with Gasteiger partial charge in [-0.2, -0.15) is 4.37 Å². The molecule has 0 bridgehead atoms. The van der Waals surface area contributed by atoms with Gasteiger partial charge >= 0.3 is 0 Å². The summed E-state index contributed by atoms with van der Waals surface area (Å²) in [5.41, 5.74) is 0.390. The van der Waals surface area contributed by atoms with Gasteiger partial charge in [-0.15, -0.1) is 0 Å². The molecule has 0 saturated heterocycles. The van der Waals surface area contributed by atoms with Gasteiger partial charge < -0.3 is 0 Å². The van der Waals surface area contributed by atoms with Crippen molar-refractivity contribution in [2.45, 2.75) is 44.4 Å². The van der Waals surface area contributed by atoms with E-state index in [1.165, 1.54) is 37.1 Å². The summed E-state index contributed by atoms with van der Waals surface area (Å²) in [4.78, 5) is 4.53. The largest absolute Gasteiger partial charge is 0.214 e. The molecule has 0 aromatic carbocycles. The Labute approximate surface area is 96.5 Å². The number of nitrogens with zero attached hydrogens (tertiary/aromatic N) is 2. The van der Waals surface area contributed by atoms with E-state index < -0.39 is 0 Å². The highest BCUT2D eigenvalue weighted by Gasteiger charge is 2.36. The minimum Gasteiger partial charge on any atom is -0.214 e. The van der Waals surface area contributed by atoms with E-state index >= 15 is 0 Å². The summed E-state index contributed by atoms with van der Waals surface area (Å²) in [5, 5.41) is 1.27. The molecule has 1 aromatic heterocycles. The molecule has 0 spiro atoms. The van der Waals surface area contributed by atoms with E-state index in [0.29, 0.717) is 5.41 Å². The Morgan fingerprint density at radius 1 is 1.46 bits per heavy atom. The average molecular weight is 308 g/mol. The van der Waals surface area contributed by atoms with Crippen molar-refractivity contribution in [1.29, 1.82) is 0 Å². The zero-order chi connectivity index (χ0) is 9.31. The predicted molar refractivity (Wildman–Crippen MR) is 63.1 cm³/mol. The quantitative estimate of drug-likeness (QED) is 0.783. The van der Waals surface area contributed by atoms with Gasteiger partial charge in [-0.1, -0.05) is 19.8 Å². The van der Waals surface area contributed by atoms with Crippen molar-refractivity contribution in [2.75, 3.05) is 0 Å². The van der Waals surface area contributed by atoms with Crippen molar-refractivity contribution >= 4 is 34.1 Å². The average Bonchev–Trinajstić information content (AvgIpc) is 2.73. The molecule has 0 unspecified atom stereocenters. The van der Waals surface area contributed by atoms with Gasteiger partial charge in [0.05, 0.1) is 0 Å². The van der Waals surface area contributed by atoms with Crippen molar-refractivity contribution in [2.24, 2.45) is 0 Å². The second-order valence-electron chi connectivity index (χ2n) is 3.71. The fraction of sp³-hybridized carbons (Fsp3) is 0.778. The number of aromatic nitrogens is 2. The van der Waals surface area contributed by atoms with Gasteiger partial charge in [-0.3, -0.25) is 0 Å². The van der Waals surface area contributed by atoms with Crippen LogP contribution in [0.3, 0.4) is 0 Å². The van der Waals surface area contributed by atoms with E-state index in [1.54, 1.807) is 11.5 Å². The van der Waals surface area contributed by atoms with E-state index in [1.807, 2.05) is 0 Å². The van der Waals surface area contributed by atoms with Crippen LogP contribution in [0.25, 0.3) is 0 Å². The summed E-state index contributed by atoms with van der Waals surface area (Å²) in [6, 6.07) is 0. The first-order valence-corrected chi connectivity index (χ1v) is 6.62. The number of hydrogen-bond donors (Lipinski definition) is 0. The molecule has 1 fully saturated rings. The molecule has 2 rings (SSSR count). The molecule has 72 valence electrons. The van der Waals surface area contributed by atoms with E-state index in [-0.39, 0.29) is 0 Å². The van der Waals surface area contributed by atoms with Gasteiger partial charge in [0, 0.05) is 28.0 Å². The van der Waals surface area contributed by atoms with Gasteiger partial charge in [-0.05, 0) is 30.8 Å². The molecule has 4 heteroatoms. The first-order chi connectivity index (χ1) is 6.27. The molecular formula is C9H13IN2S. The van der Waals surface area contributed by atoms with Gasteiger partial charge in [0.1, 0.15) is 5.01 Å². The zero-order valence-electron chi connectivity index (χ0n) is 7.72. The van der Waals surface area contributed by atoms with Crippen LogP contribution in [0.15, 0.2) is 0 Å². The molecule has 1 aromatic rings. The lowest BCUT2D eigenvalue weighted by Gasteiger charge is -2.23. The Kier molecular flexibility index (Phi) is 2.88. The highest BCUT2D eigenvalue weighted by Crippen LogP contribution is 2.44. The first kappa shape index (κ1) is 9.83. The minimum absolute atomic E-state index is 0.390. The van der Waals surface area contributed by atoms with Crippen LogP contribution in [-0.2, 0) is 5.41 Å². The van der Waals surface area contributed by atoms with Crippen molar-refractivity contribution in [3.63, 3.8) is 0 Å². The summed E-state index contributed by atoms with van der Waals surface area (Å²) in [6.45, 7) is 2.28. The van der Waals surface area contributed by atoms with E-state index in [2.05, 4.69) is 38.9 Å². The molecule has 0 aliphatic heterocycles. The lowest BCUT2D eigenvalue weighted by molar-refractivity contribution is 0.422. The Morgan fingerprint density at radius 3 is 2.62 bits per heavy atom. The lowest BCUT2D eigenvalue weighted by Crippen LogP contribution is -2.20. The van der Waals surface area contributed by atoms with Crippen LogP contribution in [0.5, 0.6) is 0 Å². The van der Waals surface area contributed by atoms with Gasteiger partial charge in [0.15, 0.2) is 0 Å². The van der Waals surface area contributed by atoms with Gasteiger partial charge in [0.25, 0.3) is 0 Å². The first-order valence-electron chi connectivity index (χ1n) is 4.76. The lowest BCUT2D eigenvalue weighted by atomic mass is 9.84. The monoisotopic (exact) mass is 308 g/mol. The van der Waals surface area contributed by atoms with E-state index in [9.17, 15) is 0 Å². The second kappa shape index (κ2) is 3.81. The number of hydrogen-bond acceptors (Lipinski definition) is 3. The summed E-state index contributed by atoms with van der Waals surface area (Å²) in [5.74, 6) is 0. The van der Waals surface area contributed by atoms with Crippen LogP contribution in [0.4, 0.5) is 0 Å². The van der Waals surface area contributed by atoms with Crippen molar-refractivity contribution in [3.05, 3.63) is 8.84 Å². The molecule has 0 atom stereocenters. The molecular weight excluding hydrogens is 295 g/mol. The van der Waals surface area contributed by atoms with Crippen molar-refractivity contribution in [3.8, 4) is 0 Å². The van der Waals surface area contributed by atoms with E-state index in [4.69, 9.17) is 0 Å². The maximum absolute atomic E-state index is 4.53. The fourth-order valence-corrected chi connectivity index (χ4v) is 3.76. The Morgan fingerprint density at radius 2 is 2.15 bits per heavy atom. The van der Waals surface area contributed by atoms with Crippen molar-refractivity contribution < 1.29 is 0 Å². The Bertz CT molecular complexity index is 292.